The minimum Gasteiger partial charge on any atom is -0.497 e. The summed E-state index contributed by atoms with van der Waals surface area (Å²) in [6.45, 7) is 1.85. The number of halogens is 1. The summed E-state index contributed by atoms with van der Waals surface area (Å²) < 4.78 is 22.2. The normalized spacial score (nSPS) is 18.2. The standard InChI is InChI=1S/C24H26ClNO5/c1-28-17-7-8-18(21(15-17)29-2)20-5-3-10-26(20)23(27)9-6-16-13-19(25)24-22(14-16)30-11-4-12-31-24/h6-9,13-15,20H,3-5,10-12H2,1-2H3/b9-6+. The van der Waals surface area contributed by atoms with Crippen LogP contribution in [0.3, 0.4) is 0 Å². The van der Waals surface area contributed by atoms with E-state index in [2.05, 4.69) is 0 Å². The van der Waals surface area contributed by atoms with E-state index in [1.165, 1.54) is 0 Å². The predicted molar refractivity (Wildman–Crippen MR) is 119 cm³/mol. The Hall–Kier alpha value is -2.86. The van der Waals surface area contributed by atoms with Gasteiger partial charge in [-0.2, -0.15) is 0 Å². The van der Waals surface area contributed by atoms with Gasteiger partial charge in [0.25, 0.3) is 0 Å². The van der Waals surface area contributed by atoms with Gasteiger partial charge >= 0.3 is 0 Å². The maximum Gasteiger partial charge on any atom is 0.247 e. The van der Waals surface area contributed by atoms with Crippen LogP contribution in [0.5, 0.6) is 23.0 Å². The Morgan fingerprint density at radius 2 is 1.97 bits per heavy atom. The molecular formula is C24H26ClNO5. The van der Waals surface area contributed by atoms with Crippen LogP contribution in [0.15, 0.2) is 36.4 Å². The fourth-order valence-electron chi connectivity index (χ4n) is 4.06. The minimum absolute atomic E-state index is 0.0367. The SMILES string of the molecule is COc1ccc(C2CCCN2C(=O)/C=C/c2cc(Cl)c3c(c2)OCCCO3)c(OC)c1. The van der Waals surface area contributed by atoms with Gasteiger partial charge in [0.05, 0.1) is 38.5 Å². The molecule has 1 atom stereocenters. The molecule has 1 fully saturated rings. The van der Waals surface area contributed by atoms with Crippen molar-refractivity contribution in [2.75, 3.05) is 34.0 Å². The van der Waals surface area contributed by atoms with Gasteiger partial charge in [0.15, 0.2) is 11.5 Å². The first-order valence-electron chi connectivity index (χ1n) is 10.4. The molecule has 6 nitrogen and oxygen atoms in total. The van der Waals surface area contributed by atoms with E-state index >= 15 is 0 Å². The molecule has 4 rings (SSSR count). The van der Waals surface area contributed by atoms with Crippen LogP contribution in [0.4, 0.5) is 0 Å². The molecule has 7 heteroatoms. The number of methoxy groups -OCH3 is 2. The molecule has 0 aromatic heterocycles. The molecular weight excluding hydrogens is 418 g/mol. The second kappa shape index (κ2) is 9.52. The molecule has 1 unspecified atom stereocenters. The number of carbonyl (C=O) groups is 1. The molecule has 0 aliphatic carbocycles. The zero-order valence-corrected chi connectivity index (χ0v) is 18.5. The van der Waals surface area contributed by atoms with E-state index < -0.39 is 0 Å². The lowest BCUT2D eigenvalue weighted by atomic mass is 10.0. The lowest BCUT2D eigenvalue weighted by molar-refractivity contribution is -0.126. The first kappa shape index (κ1) is 21.4. The van der Waals surface area contributed by atoms with Crippen LogP contribution in [0.25, 0.3) is 6.08 Å². The maximum atomic E-state index is 13.0. The van der Waals surface area contributed by atoms with Crippen LogP contribution >= 0.6 is 11.6 Å². The van der Waals surface area contributed by atoms with E-state index in [1.807, 2.05) is 29.2 Å². The smallest absolute Gasteiger partial charge is 0.247 e. The highest BCUT2D eigenvalue weighted by molar-refractivity contribution is 6.32. The molecule has 2 heterocycles. The summed E-state index contributed by atoms with van der Waals surface area (Å²) in [5, 5.41) is 0.480. The Kier molecular flexibility index (Phi) is 6.56. The lowest BCUT2D eigenvalue weighted by Gasteiger charge is -2.25. The zero-order valence-electron chi connectivity index (χ0n) is 17.7. The van der Waals surface area contributed by atoms with Crippen LogP contribution < -0.4 is 18.9 Å². The molecule has 0 bridgehead atoms. The molecule has 0 spiro atoms. The van der Waals surface area contributed by atoms with E-state index in [4.69, 9.17) is 30.5 Å². The van der Waals surface area contributed by atoms with Crippen molar-refractivity contribution in [2.45, 2.75) is 25.3 Å². The van der Waals surface area contributed by atoms with E-state index in [1.54, 1.807) is 32.4 Å². The van der Waals surface area contributed by atoms with Gasteiger partial charge in [-0.1, -0.05) is 11.6 Å². The molecule has 1 amide bonds. The van der Waals surface area contributed by atoms with Crippen molar-refractivity contribution in [1.29, 1.82) is 0 Å². The monoisotopic (exact) mass is 443 g/mol. The summed E-state index contributed by atoms with van der Waals surface area (Å²) in [5.74, 6) is 2.57. The third kappa shape index (κ3) is 4.59. The van der Waals surface area contributed by atoms with Crippen molar-refractivity contribution in [1.82, 2.24) is 4.90 Å². The van der Waals surface area contributed by atoms with Gasteiger partial charge in [-0.25, -0.2) is 0 Å². The number of nitrogens with zero attached hydrogens (tertiary/aromatic N) is 1. The lowest BCUT2D eigenvalue weighted by Crippen LogP contribution is -2.29. The van der Waals surface area contributed by atoms with Crippen LogP contribution in [0.1, 0.15) is 36.4 Å². The number of benzene rings is 2. The van der Waals surface area contributed by atoms with Gasteiger partial charge in [0.2, 0.25) is 5.91 Å². The molecule has 31 heavy (non-hydrogen) atoms. The predicted octanol–water partition coefficient (Wildman–Crippen LogP) is 4.90. The quantitative estimate of drug-likeness (QED) is 0.615. The number of ether oxygens (including phenoxy) is 4. The van der Waals surface area contributed by atoms with Gasteiger partial charge in [-0.05, 0) is 48.7 Å². The van der Waals surface area contributed by atoms with Crippen molar-refractivity contribution in [3.63, 3.8) is 0 Å². The summed E-state index contributed by atoms with van der Waals surface area (Å²) >= 11 is 6.37. The maximum absolute atomic E-state index is 13.0. The zero-order chi connectivity index (χ0) is 21.8. The van der Waals surface area contributed by atoms with E-state index in [0.717, 1.165) is 41.9 Å². The summed E-state index contributed by atoms with van der Waals surface area (Å²) in [5.41, 5.74) is 1.78. The molecule has 2 aromatic carbocycles. The van der Waals surface area contributed by atoms with Crippen molar-refractivity contribution >= 4 is 23.6 Å². The van der Waals surface area contributed by atoms with Gasteiger partial charge in [-0.15, -0.1) is 0 Å². The molecule has 0 saturated carbocycles. The third-order valence-corrected chi connectivity index (χ3v) is 5.86. The Morgan fingerprint density at radius 3 is 2.77 bits per heavy atom. The first-order chi connectivity index (χ1) is 15.1. The van der Waals surface area contributed by atoms with Crippen LogP contribution in [-0.4, -0.2) is 44.8 Å². The number of likely N-dealkylation sites (tertiary alicyclic amines) is 1. The highest BCUT2D eigenvalue weighted by atomic mass is 35.5. The fourth-order valence-corrected chi connectivity index (χ4v) is 4.33. The third-order valence-electron chi connectivity index (χ3n) is 5.58. The summed E-state index contributed by atoms with van der Waals surface area (Å²) in [4.78, 5) is 14.9. The molecule has 0 N–H and O–H groups in total. The minimum atomic E-state index is -0.0522. The first-order valence-corrected chi connectivity index (χ1v) is 10.8. The van der Waals surface area contributed by atoms with Gasteiger partial charge in [-0.3, -0.25) is 4.79 Å². The average molecular weight is 444 g/mol. The number of hydrogen-bond acceptors (Lipinski definition) is 5. The van der Waals surface area contributed by atoms with Crippen LogP contribution in [0.2, 0.25) is 5.02 Å². The number of rotatable bonds is 5. The van der Waals surface area contributed by atoms with Crippen molar-refractivity contribution in [3.05, 3.63) is 52.6 Å². The van der Waals surface area contributed by atoms with Crippen molar-refractivity contribution in [3.8, 4) is 23.0 Å². The van der Waals surface area contributed by atoms with Gasteiger partial charge < -0.3 is 23.8 Å². The number of fused-ring (bicyclic) bond motifs is 1. The Bertz CT molecular complexity index is 990. The van der Waals surface area contributed by atoms with Crippen molar-refractivity contribution < 1.29 is 23.7 Å². The van der Waals surface area contributed by atoms with Gasteiger partial charge in [0.1, 0.15) is 11.5 Å². The topological polar surface area (TPSA) is 57.2 Å². The second-order valence-corrected chi connectivity index (χ2v) is 7.92. The van der Waals surface area contributed by atoms with E-state index in [-0.39, 0.29) is 11.9 Å². The van der Waals surface area contributed by atoms with Gasteiger partial charge in [0, 0.05) is 30.7 Å². The Labute approximate surface area is 187 Å². The van der Waals surface area contributed by atoms with E-state index in [9.17, 15) is 4.79 Å². The molecule has 2 aliphatic rings. The molecule has 2 aromatic rings. The summed E-state index contributed by atoms with van der Waals surface area (Å²) in [6, 6.07) is 9.32. The van der Waals surface area contributed by atoms with Crippen LogP contribution in [-0.2, 0) is 4.79 Å². The fraction of sp³-hybridized carbons (Fsp3) is 0.375. The molecule has 1 saturated heterocycles. The molecule has 0 radical (unpaired) electrons. The number of hydrogen-bond donors (Lipinski definition) is 0. The second-order valence-electron chi connectivity index (χ2n) is 7.51. The summed E-state index contributed by atoms with van der Waals surface area (Å²) in [6.07, 6.45) is 5.99. The highest BCUT2D eigenvalue weighted by Crippen LogP contribution is 2.40. The van der Waals surface area contributed by atoms with Crippen molar-refractivity contribution in [2.24, 2.45) is 0 Å². The Morgan fingerprint density at radius 1 is 1.13 bits per heavy atom. The number of amides is 1. The molecule has 2 aliphatic heterocycles. The summed E-state index contributed by atoms with van der Waals surface area (Å²) in [7, 11) is 3.25. The molecule has 164 valence electrons. The number of carbonyl (C=O) groups excluding carboxylic acids is 1. The van der Waals surface area contributed by atoms with E-state index in [0.29, 0.717) is 36.3 Å². The van der Waals surface area contributed by atoms with Crippen LogP contribution in [0, 0.1) is 0 Å². The Balaban J connectivity index is 1.54. The largest absolute Gasteiger partial charge is 0.497 e. The average Bonchev–Trinajstić information content (AvgIpc) is 3.15. The highest BCUT2D eigenvalue weighted by Gasteiger charge is 2.31.